The van der Waals surface area contributed by atoms with Crippen LogP contribution in [0.5, 0.6) is 0 Å². The molecule has 3 nitrogen and oxygen atoms in total. The van der Waals surface area contributed by atoms with E-state index in [1.807, 2.05) is 36.0 Å². The first-order valence-corrected chi connectivity index (χ1v) is 6.75. The van der Waals surface area contributed by atoms with E-state index in [4.69, 9.17) is 5.11 Å². The SMILES string of the molecule is CN(C)CCSCc1ccc(CC(=O)O)cc1. The van der Waals surface area contributed by atoms with Crippen molar-refractivity contribution in [1.29, 1.82) is 0 Å². The Balaban J connectivity index is 2.32. The molecule has 0 bridgehead atoms. The van der Waals surface area contributed by atoms with Crippen molar-refractivity contribution in [2.24, 2.45) is 0 Å². The highest BCUT2D eigenvalue weighted by Crippen LogP contribution is 2.13. The first-order chi connectivity index (χ1) is 8.08. The van der Waals surface area contributed by atoms with Crippen LogP contribution in [0.15, 0.2) is 24.3 Å². The summed E-state index contributed by atoms with van der Waals surface area (Å²) in [4.78, 5) is 12.7. The van der Waals surface area contributed by atoms with Gasteiger partial charge in [0.05, 0.1) is 6.42 Å². The summed E-state index contributed by atoms with van der Waals surface area (Å²) in [6.45, 7) is 1.09. The van der Waals surface area contributed by atoms with Crippen molar-refractivity contribution in [2.45, 2.75) is 12.2 Å². The number of carboxylic acids is 1. The lowest BCUT2D eigenvalue weighted by Gasteiger charge is -2.08. The van der Waals surface area contributed by atoms with Crippen molar-refractivity contribution in [2.75, 3.05) is 26.4 Å². The van der Waals surface area contributed by atoms with Crippen molar-refractivity contribution in [3.8, 4) is 0 Å². The van der Waals surface area contributed by atoms with Gasteiger partial charge in [-0.05, 0) is 25.2 Å². The highest BCUT2D eigenvalue weighted by molar-refractivity contribution is 7.98. The Bertz CT molecular complexity index is 349. The summed E-state index contributed by atoms with van der Waals surface area (Å²) in [6.07, 6.45) is 0.105. The van der Waals surface area contributed by atoms with Gasteiger partial charge in [-0.25, -0.2) is 0 Å². The van der Waals surface area contributed by atoms with Gasteiger partial charge in [0.25, 0.3) is 0 Å². The van der Waals surface area contributed by atoms with Crippen molar-refractivity contribution < 1.29 is 9.90 Å². The lowest BCUT2D eigenvalue weighted by atomic mass is 10.1. The minimum Gasteiger partial charge on any atom is -0.481 e. The molecule has 0 atom stereocenters. The third-order valence-electron chi connectivity index (χ3n) is 2.33. The molecule has 0 saturated heterocycles. The van der Waals surface area contributed by atoms with E-state index in [0.29, 0.717) is 0 Å². The predicted octanol–water partition coefficient (Wildman–Crippen LogP) is 2.11. The molecule has 0 radical (unpaired) electrons. The predicted molar refractivity (Wildman–Crippen MR) is 72.5 cm³/mol. The standard InChI is InChI=1S/C13H19NO2S/c1-14(2)7-8-17-10-12-5-3-11(4-6-12)9-13(15)16/h3-6H,7-10H2,1-2H3,(H,15,16). The molecule has 17 heavy (non-hydrogen) atoms. The number of rotatable bonds is 7. The fourth-order valence-electron chi connectivity index (χ4n) is 1.37. The molecule has 4 heteroatoms. The highest BCUT2D eigenvalue weighted by Gasteiger charge is 2.00. The molecule has 0 aliphatic rings. The van der Waals surface area contributed by atoms with E-state index in [1.165, 1.54) is 5.56 Å². The average molecular weight is 253 g/mol. The summed E-state index contributed by atoms with van der Waals surface area (Å²) >= 11 is 1.90. The van der Waals surface area contributed by atoms with Crippen LogP contribution in [0.1, 0.15) is 11.1 Å². The van der Waals surface area contributed by atoms with Gasteiger partial charge in [-0.2, -0.15) is 11.8 Å². The number of benzene rings is 1. The molecule has 1 aromatic carbocycles. The Hall–Kier alpha value is -1.00. The normalized spacial score (nSPS) is 10.8. The smallest absolute Gasteiger partial charge is 0.307 e. The van der Waals surface area contributed by atoms with Gasteiger partial charge in [-0.15, -0.1) is 0 Å². The van der Waals surface area contributed by atoms with E-state index in [0.717, 1.165) is 23.6 Å². The average Bonchev–Trinajstić information content (AvgIpc) is 2.25. The second-order valence-electron chi connectivity index (χ2n) is 4.24. The van der Waals surface area contributed by atoms with Crippen LogP contribution in [0, 0.1) is 0 Å². The van der Waals surface area contributed by atoms with Crippen molar-refractivity contribution >= 4 is 17.7 Å². The number of hydrogen-bond donors (Lipinski definition) is 1. The zero-order valence-electron chi connectivity index (χ0n) is 10.3. The molecule has 0 aliphatic carbocycles. The molecule has 0 fully saturated rings. The second-order valence-corrected chi connectivity index (χ2v) is 5.35. The van der Waals surface area contributed by atoms with Crippen LogP contribution in [0.2, 0.25) is 0 Å². The molecular weight excluding hydrogens is 234 g/mol. The first-order valence-electron chi connectivity index (χ1n) is 5.60. The van der Waals surface area contributed by atoms with E-state index >= 15 is 0 Å². The maximum atomic E-state index is 10.5. The van der Waals surface area contributed by atoms with Crippen molar-refractivity contribution in [3.05, 3.63) is 35.4 Å². The van der Waals surface area contributed by atoms with Crippen molar-refractivity contribution in [3.63, 3.8) is 0 Å². The lowest BCUT2D eigenvalue weighted by Crippen LogP contribution is -2.14. The molecular formula is C13H19NO2S. The van der Waals surface area contributed by atoms with Gasteiger partial charge in [0.15, 0.2) is 0 Å². The minimum atomic E-state index is -0.780. The monoisotopic (exact) mass is 253 g/mol. The first kappa shape index (κ1) is 14.1. The third-order valence-corrected chi connectivity index (χ3v) is 3.34. The van der Waals surface area contributed by atoms with Gasteiger partial charge in [0, 0.05) is 18.1 Å². The molecule has 1 aromatic rings. The highest BCUT2D eigenvalue weighted by atomic mass is 32.2. The zero-order valence-corrected chi connectivity index (χ0v) is 11.2. The van der Waals surface area contributed by atoms with Gasteiger partial charge < -0.3 is 10.0 Å². The largest absolute Gasteiger partial charge is 0.481 e. The topological polar surface area (TPSA) is 40.5 Å². The van der Waals surface area contributed by atoms with Gasteiger partial charge in [0.1, 0.15) is 0 Å². The maximum absolute atomic E-state index is 10.5. The fraction of sp³-hybridized carbons (Fsp3) is 0.462. The number of nitrogens with zero attached hydrogens (tertiary/aromatic N) is 1. The second kappa shape index (κ2) is 7.35. The Morgan fingerprint density at radius 3 is 2.35 bits per heavy atom. The summed E-state index contributed by atoms with van der Waals surface area (Å²) in [5, 5.41) is 8.65. The van der Waals surface area contributed by atoms with Crippen LogP contribution < -0.4 is 0 Å². The fourth-order valence-corrected chi connectivity index (χ4v) is 2.43. The Morgan fingerprint density at radius 1 is 1.24 bits per heavy atom. The van der Waals surface area contributed by atoms with Crippen LogP contribution >= 0.6 is 11.8 Å². The maximum Gasteiger partial charge on any atom is 0.307 e. The Morgan fingerprint density at radius 2 is 1.82 bits per heavy atom. The van der Waals surface area contributed by atoms with E-state index in [9.17, 15) is 4.79 Å². The molecule has 0 heterocycles. The summed E-state index contributed by atoms with van der Waals surface area (Å²) in [7, 11) is 4.14. The summed E-state index contributed by atoms with van der Waals surface area (Å²) in [6, 6.07) is 7.83. The third kappa shape index (κ3) is 6.34. The molecule has 0 unspecified atom stereocenters. The number of aliphatic carboxylic acids is 1. The van der Waals surface area contributed by atoms with E-state index in [1.54, 1.807) is 0 Å². The van der Waals surface area contributed by atoms with Crippen LogP contribution in [0.25, 0.3) is 0 Å². The van der Waals surface area contributed by atoms with Crippen molar-refractivity contribution in [1.82, 2.24) is 4.90 Å². The number of hydrogen-bond acceptors (Lipinski definition) is 3. The molecule has 0 saturated carbocycles. The van der Waals surface area contributed by atoms with Crippen LogP contribution in [-0.4, -0.2) is 42.4 Å². The van der Waals surface area contributed by atoms with Gasteiger partial charge >= 0.3 is 5.97 Å². The quantitative estimate of drug-likeness (QED) is 0.756. The number of thioether (sulfide) groups is 1. The summed E-state index contributed by atoms with van der Waals surface area (Å²) in [5.41, 5.74) is 2.11. The molecule has 0 aliphatic heterocycles. The molecule has 1 N–H and O–H groups in total. The molecule has 0 spiro atoms. The van der Waals surface area contributed by atoms with E-state index in [2.05, 4.69) is 19.0 Å². The lowest BCUT2D eigenvalue weighted by molar-refractivity contribution is -0.136. The number of carboxylic acid groups (broad SMARTS) is 1. The zero-order chi connectivity index (χ0) is 12.7. The van der Waals surface area contributed by atoms with Gasteiger partial charge in [-0.1, -0.05) is 24.3 Å². The van der Waals surface area contributed by atoms with Gasteiger partial charge in [0.2, 0.25) is 0 Å². The molecule has 0 amide bonds. The van der Waals surface area contributed by atoms with Crippen LogP contribution in [0.3, 0.4) is 0 Å². The van der Waals surface area contributed by atoms with Crippen LogP contribution in [-0.2, 0) is 17.0 Å². The van der Waals surface area contributed by atoms with Gasteiger partial charge in [-0.3, -0.25) is 4.79 Å². The van der Waals surface area contributed by atoms with Crippen LogP contribution in [0.4, 0.5) is 0 Å². The molecule has 94 valence electrons. The molecule has 0 aromatic heterocycles. The number of carbonyl (C=O) groups is 1. The summed E-state index contributed by atoms with van der Waals surface area (Å²) < 4.78 is 0. The molecule has 1 rings (SSSR count). The minimum absolute atomic E-state index is 0.105. The van der Waals surface area contributed by atoms with E-state index < -0.39 is 5.97 Å². The Labute approximate surface area is 107 Å². The Kier molecular flexibility index (Phi) is 6.08. The van der Waals surface area contributed by atoms with E-state index in [-0.39, 0.29) is 6.42 Å². The summed E-state index contributed by atoms with van der Waals surface area (Å²) in [5.74, 6) is 1.32.